The third-order valence-corrected chi connectivity index (χ3v) is 15.3. The number of primary amides is 1. The Morgan fingerprint density at radius 3 is 1.35 bits per heavy atom. The summed E-state index contributed by atoms with van der Waals surface area (Å²) < 4.78 is 29.8. The zero-order valence-corrected chi connectivity index (χ0v) is 49.1. The number of aryl methyl sites for hydroxylation is 1. The quantitative estimate of drug-likeness (QED) is 0.0628. The molecule has 0 fully saturated rings. The third kappa shape index (κ3) is 14.4. The molecule has 8 heterocycles. The van der Waals surface area contributed by atoms with Gasteiger partial charge in [0, 0.05) is 44.9 Å². The fourth-order valence-electron chi connectivity index (χ4n) is 6.99. The molecule has 12 aromatic rings. The predicted molar refractivity (Wildman–Crippen MR) is 325 cm³/mol. The van der Waals surface area contributed by atoms with Gasteiger partial charge in [0.2, 0.25) is 0 Å². The third-order valence-electron chi connectivity index (χ3n) is 11.2. The van der Waals surface area contributed by atoms with Crippen molar-refractivity contribution in [2.75, 3.05) is 14.1 Å². The zero-order chi connectivity index (χ0) is 60.3. The van der Waals surface area contributed by atoms with E-state index < -0.39 is 17.5 Å². The van der Waals surface area contributed by atoms with Crippen LogP contribution < -0.4 is 5.73 Å². The summed E-state index contributed by atoms with van der Waals surface area (Å²) in [6, 6.07) is 27.3. The van der Waals surface area contributed by atoms with Crippen molar-refractivity contribution in [2.24, 2.45) is 46.6 Å². The van der Waals surface area contributed by atoms with Crippen LogP contribution >= 0.6 is 80.9 Å². The number of aromatic nitrogens is 8. The van der Waals surface area contributed by atoms with E-state index in [2.05, 4.69) is 78.3 Å². The molecule has 0 aliphatic rings. The van der Waals surface area contributed by atoms with Gasteiger partial charge in [-0.1, -0.05) is 34.8 Å². The van der Waals surface area contributed by atoms with Crippen LogP contribution in [0.3, 0.4) is 0 Å². The Bertz CT molecular complexity index is 4600. The standard InChI is InChI=1S/C15H13N5O2S.C14H11N5O2S.C12H5Cl3N4OS.C12H7FN4OS/c1-20(2)15(22)11-8-9(5-6-12(11)21)17-18-14-10-4-3-7-16-13(10)19-23-14;1-7-5-8(6-10(11(7)20)12(15)21)17-18-14-9-3-2-4-16-13(9)19-22-14;13-6-4-7(8(14)9(15)10(6)20)17-18-12-5-2-1-3-16-11(5)19-21-12;13-9-6-7(3-4-10(9)18)15-16-12-8-2-1-5-14-11(8)17-19-12/h3-8,21H,1-2H3;2-6,20H,1H3,(H2,15,21);1-4,20H;1-6,18H. The SMILES string of the molecule is CN(C)C(=O)c1cc(N=Nc2snc3ncccc23)ccc1O.Cc1cc(N=Nc2snc3ncccc23)cc(C(N)=O)c1O.Oc1c(Cl)cc(N=Nc2snc3ncccc23)c(Cl)c1Cl.Oc1ccc(N=Nc2snc3ncccc23)cc1F. The number of hydrogen-bond donors (Lipinski definition) is 5. The first-order chi connectivity index (χ1) is 40.9. The minimum absolute atomic E-state index is 0.0183. The van der Waals surface area contributed by atoms with Gasteiger partial charge in [0.1, 0.15) is 22.2 Å². The van der Waals surface area contributed by atoms with E-state index in [1.807, 2.05) is 30.3 Å². The highest BCUT2D eigenvalue weighted by Gasteiger charge is 2.17. The Labute approximate surface area is 509 Å². The predicted octanol–water partition coefficient (Wildman–Crippen LogP) is 16.5. The van der Waals surface area contributed by atoms with Crippen LogP contribution in [-0.4, -0.2) is 88.7 Å². The maximum Gasteiger partial charge on any atom is 0.257 e. The molecule has 0 aliphatic carbocycles. The number of azo groups is 4. The number of nitrogens with two attached hydrogens (primary N) is 1. The Balaban J connectivity index is 0.000000136. The second-order valence-corrected chi connectivity index (χ2v) is 21.3. The van der Waals surface area contributed by atoms with E-state index in [4.69, 9.17) is 45.6 Å². The van der Waals surface area contributed by atoms with E-state index >= 15 is 0 Å². The molecule has 2 amide bonds. The molecule has 0 bridgehead atoms. The largest absolute Gasteiger partial charge is 0.507 e. The van der Waals surface area contributed by atoms with E-state index in [-0.39, 0.29) is 55.0 Å². The summed E-state index contributed by atoms with van der Waals surface area (Å²) in [6.45, 7) is 1.66. The first-order valence-corrected chi connectivity index (χ1v) is 28.2. The molecule has 0 aliphatic heterocycles. The number of carbonyl (C=O) groups excluding carboxylic acids is 2. The number of fused-ring (bicyclic) bond motifs is 4. The lowest BCUT2D eigenvalue weighted by molar-refractivity contribution is 0.0824. The summed E-state index contributed by atoms with van der Waals surface area (Å²) in [7, 11) is 3.23. The zero-order valence-electron chi connectivity index (χ0n) is 43.6. The molecule has 0 saturated heterocycles. The molecule has 0 spiro atoms. The first kappa shape index (κ1) is 60.0. The number of carbonyl (C=O) groups is 2. The molecule has 85 heavy (non-hydrogen) atoms. The molecule has 0 radical (unpaired) electrons. The number of pyridine rings is 4. The van der Waals surface area contributed by atoms with Crippen molar-refractivity contribution in [3.05, 3.63) is 165 Å². The van der Waals surface area contributed by atoms with Gasteiger partial charge in [0.25, 0.3) is 11.8 Å². The van der Waals surface area contributed by atoms with E-state index in [1.165, 1.54) is 87.4 Å². The molecule has 8 aromatic heterocycles. The van der Waals surface area contributed by atoms with Gasteiger partial charge < -0.3 is 31.1 Å². The normalized spacial score (nSPS) is 11.4. The Hall–Kier alpha value is -9.62. The average Bonchev–Trinajstić information content (AvgIpc) is 4.43. The smallest absolute Gasteiger partial charge is 0.257 e. The van der Waals surface area contributed by atoms with Gasteiger partial charge in [-0.05, 0) is 156 Å². The minimum Gasteiger partial charge on any atom is -0.507 e. The number of rotatable bonds is 10. The van der Waals surface area contributed by atoms with Gasteiger partial charge in [-0.15, -0.1) is 40.9 Å². The number of halogens is 4. The van der Waals surface area contributed by atoms with Crippen molar-refractivity contribution >= 4 is 180 Å². The van der Waals surface area contributed by atoms with Crippen LogP contribution in [0.15, 0.2) is 169 Å². The molecule has 6 N–H and O–H groups in total. The van der Waals surface area contributed by atoms with E-state index in [1.54, 1.807) is 76.1 Å². The summed E-state index contributed by atoms with van der Waals surface area (Å²) in [4.78, 5) is 41.2. The molecular formula is C53H36Cl3FN18O6S4. The lowest BCUT2D eigenvalue weighted by Gasteiger charge is -2.11. The highest BCUT2D eigenvalue weighted by atomic mass is 35.5. The van der Waals surface area contributed by atoms with Gasteiger partial charge in [0.05, 0.1) is 59.8 Å². The molecular weight excluding hydrogens is 1240 g/mol. The second-order valence-electron chi connectivity index (χ2n) is 17.2. The number of hydrogen-bond acceptors (Lipinski definition) is 26. The number of phenolic OH excluding ortho intramolecular Hbond substituents is 3. The van der Waals surface area contributed by atoms with Crippen LogP contribution in [0.2, 0.25) is 15.1 Å². The second kappa shape index (κ2) is 27.2. The van der Waals surface area contributed by atoms with Gasteiger partial charge in [0.15, 0.2) is 59.9 Å². The lowest BCUT2D eigenvalue weighted by atomic mass is 10.1. The van der Waals surface area contributed by atoms with Crippen LogP contribution in [-0.2, 0) is 0 Å². The average molecular weight is 1270 g/mol. The number of aromatic hydroxyl groups is 4. The highest BCUT2D eigenvalue weighted by Crippen LogP contribution is 2.44. The summed E-state index contributed by atoms with van der Waals surface area (Å²) in [5, 5.41) is 76.6. The summed E-state index contributed by atoms with van der Waals surface area (Å²) in [5.74, 6) is -2.67. The van der Waals surface area contributed by atoms with Crippen LogP contribution in [0.1, 0.15) is 26.3 Å². The molecule has 0 unspecified atom stereocenters. The number of nitrogens with zero attached hydrogens (tertiary/aromatic N) is 17. The van der Waals surface area contributed by atoms with Crippen molar-refractivity contribution in [1.29, 1.82) is 0 Å². The van der Waals surface area contributed by atoms with Crippen LogP contribution in [0, 0.1) is 12.7 Å². The molecule has 24 nitrogen and oxygen atoms in total. The van der Waals surface area contributed by atoms with Crippen molar-refractivity contribution in [3.63, 3.8) is 0 Å². The monoisotopic (exact) mass is 1270 g/mol. The fourth-order valence-corrected chi connectivity index (χ4v) is 10.2. The molecule has 12 rings (SSSR count). The van der Waals surface area contributed by atoms with Crippen LogP contribution in [0.5, 0.6) is 23.0 Å². The van der Waals surface area contributed by atoms with Crippen molar-refractivity contribution < 1.29 is 34.4 Å². The lowest BCUT2D eigenvalue weighted by Crippen LogP contribution is -2.21. The maximum absolute atomic E-state index is 13.1. The Kier molecular flexibility index (Phi) is 19.2. The maximum atomic E-state index is 13.1. The molecule has 426 valence electrons. The minimum atomic E-state index is -0.729. The summed E-state index contributed by atoms with van der Waals surface area (Å²) >= 11 is 22.4. The number of benzene rings is 4. The summed E-state index contributed by atoms with van der Waals surface area (Å²) in [6.07, 6.45) is 6.63. The Morgan fingerprint density at radius 1 is 0.506 bits per heavy atom. The molecule has 0 saturated carbocycles. The topological polar surface area (TPSA) is 346 Å². The van der Waals surface area contributed by atoms with Crippen molar-refractivity contribution in [3.8, 4) is 23.0 Å². The first-order valence-electron chi connectivity index (χ1n) is 24.0. The van der Waals surface area contributed by atoms with Crippen molar-refractivity contribution in [2.45, 2.75) is 6.92 Å². The number of amides is 2. The summed E-state index contributed by atoms with van der Waals surface area (Å²) in [5.41, 5.74) is 9.86. The van der Waals surface area contributed by atoms with E-state index in [9.17, 15) is 29.3 Å². The van der Waals surface area contributed by atoms with Crippen molar-refractivity contribution in [1.82, 2.24) is 42.3 Å². The molecule has 32 heteroatoms. The fraction of sp³-hybridized carbons (Fsp3) is 0.0566. The van der Waals surface area contributed by atoms with Gasteiger partial charge in [-0.25, -0.2) is 24.3 Å². The Morgan fingerprint density at radius 2 is 0.918 bits per heavy atom. The highest BCUT2D eigenvalue weighted by molar-refractivity contribution is 7.12. The van der Waals surface area contributed by atoms with Gasteiger partial charge >= 0.3 is 0 Å². The van der Waals surface area contributed by atoms with E-state index in [0.717, 1.165) is 27.6 Å². The van der Waals surface area contributed by atoms with Gasteiger partial charge in [-0.3, -0.25) is 9.59 Å². The molecule has 4 aromatic carbocycles. The van der Waals surface area contributed by atoms with E-state index in [0.29, 0.717) is 65.2 Å². The van der Waals surface area contributed by atoms with Crippen LogP contribution in [0.4, 0.5) is 47.1 Å². The van der Waals surface area contributed by atoms with Gasteiger partial charge in [-0.2, -0.15) is 17.5 Å². The number of phenols is 4. The molecule has 0 atom stereocenters. The van der Waals surface area contributed by atoms with Crippen LogP contribution in [0.25, 0.3) is 44.1 Å².